The van der Waals surface area contributed by atoms with Crippen LogP contribution in [0.2, 0.25) is 0 Å². The number of carbonyl (C=O) groups is 1. The lowest BCUT2D eigenvalue weighted by molar-refractivity contribution is 0.0506. The van der Waals surface area contributed by atoms with Crippen LogP contribution in [0.1, 0.15) is 65.8 Å². The van der Waals surface area contributed by atoms with Crippen LogP contribution in [0, 0.1) is 17.3 Å². The first-order valence-corrected chi connectivity index (χ1v) is 11.1. The van der Waals surface area contributed by atoms with E-state index in [4.69, 9.17) is 4.74 Å². The van der Waals surface area contributed by atoms with Crippen molar-refractivity contribution in [3.8, 4) is 17.5 Å². The molecule has 172 valence electrons. The number of hydrogen-bond donors (Lipinski definition) is 1. The average molecular weight is 445 g/mol. The zero-order chi connectivity index (χ0) is 24.4. The van der Waals surface area contributed by atoms with Gasteiger partial charge in [0.25, 0.3) is 5.56 Å². The van der Waals surface area contributed by atoms with Gasteiger partial charge in [0.2, 0.25) is 0 Å². The van der Waals surface area contributed by atoms with Crippen LogP contribution in [0.4, 0.5) is 4.79 Å². The van der Waals surface area contributed by atoms with Crippen LogP contribution >= 0.6 is 0 Å². The highest BCUT2D eigenvalue weighted by Gasteiger charge is 2.22. The molecule has 33 heavy (non-hydrogen) atoms. The lowest BCUT2D eigenvalue weighted by Crippen LogP contribution is -2.36. The van der Waals surface area contributed by atoms with Crippen molar-refractivity contribution in [1.29, 1.82) is 0 Å². The van der Waals surface area contributed by atoms with E-state index in [1.807, 2.05) is 103 Å². The molecule has 0 bridgehead atoms. The lowest BCUT2D eigenvalue weighted by atomic mass is 9.96. The number of hydrogen-bond acceptors (Lipinski definition) is 3. The summed E-state index contributed by atoms with van der Waals surface area (Å²) >= 11 is 0. The largest absolute Gasteiger partial charge is 0.444 e. The van der Waals surface area contributed by atoms with Gasteiger partial charge >= 0.3 is 6.09 Å². The Morgan fingerprint density at radius 1 is 1.00 bits per heavy atom. The average Bonchev–Trinajstić information content (AvgIpc) is 2.70. The summed E-state index contributed by atoms with van der Waals surface area (Å²) in [6.45, 7) is 13.4. The first-order valence-electron chi connectivity index (χ1n) is 11.1. The van der Waals surface area contributed by atoms with Crippen molar-refractivity contribution in [1.82, 2.24) is 9.88 Å². The van der Waals surface area contributed by atoms with Crippen LogP contribution in [0.3, 0.4) is 0 Å². The fourth-order valence-electron chi connectivity index (χ4n) is 3.46. The number of ether oxygens (including phenoxy) is 1. The van der Waals surface area contributed by atoms with E-state index in [1.165, 1.54) is 0 Å². The second-order valence-electron chi connectivity index (χ2n) is 10.2. The van der Waals surface area contributed by atoms with Gasteiger partial charge in [0.15, 0.2) is 0 Å². The molecule has 2 aromatic carbocycles. The van der Waals surface area contributed by atoms with E-state index >= 15 is 0 Å². The number of alkyl carbamates (subject to hydrolysis) is 1. The molecule has 0 aliphatic heterocycles. The molecule has 1 aromatic heterocycles. The maximum atomic E-state index is 13.9. The van der Waals surface area contributed by atoms with Crippen LogP contribution in [-0.2, 0) is 4.74 Å². The minimum absolute atomic E-state index is 0.176. The van der Waals surface area contributed by atoms with Crippen LogP contribution < -0.4 is 10.9 Å². The summed E-state index contributed by atoms with van der Waals surface area (Å²) in [6.07, 6.45) is -0.535. The molecule has 0 fully saturated rings. The lowest BCUT2D eigenvalue weighted by Gasteiger charge is -2.24. The van der Waals surface area contributed by atoms with Crippen LogP contribution in [0.15, 0.2) is 59.4 Å². The fourth-order valence-corrected chi connectivity index (χ4v) is 3.46. The van der Waals surface area contributed by atoms with Crippen molar-refractivity contribution >= 4 is 16.9 Å². The van der Waals surface area contributed by atoms with E-state index in [-0.39, 0.29) is 11.0 Å². The van der Waals surface area contributed by atoms with Crippen molar-refractivity contribution < 1.29 is 9.53 Å². The molecule has 5 heteroatoms. The molecule has 0 aliphatic carbocycles. The summed E-state index contributed by atoms with van der Waals surface area (Å²) in [5, 5.41) is 4.21. The number of nitrogens with zero attached hydrogens (tertiary/aromatic N) is 1. The molecule has 1 atom stereocenters. The Hall–Kier alpha value is -3.52. The Labute approximate surface area is 195 Å². The highest BCUT2D eigenvalue weighted by Crippen LogP contribution is 2.24. The van der Waals surface area contributed by atoms with E-state index in [0.29, 0.717) is 16.6 Å². The van der Waals surface area contributed by atoms with Gasteiger partial charge in [-0.3, -0.25) is 9.36 Å². The van der Waals surface area contributed by atoms with Crippen LogP contribution in [0.5, 0.6) is 0 Å². The Balaban J connectivity index is 2.23. The summed E-state index contributed by atoms with van der Waals surface area (Å²) in [4.78, 5) is 26.3. The summed E-state index contributed by atoms with van der Waals surface area (Å²) in [5.41, 5.74) is 1.09. The molecule has 3 aromatic rings. The second kappa shape index (κ2) is 9.15. The third-order valence-corrected chi connectivity index (χ3v) is 4.84. The van der Waals surface area contributed by atoms with E-state index < -0.39 is 17.7 Å². The van der Waals surface area contributed by atoms with Gasteiger partial charge in [-0.15, -0.1) is 0 Å². The number of amides is 1. The highest BCUT2D eigenvalue weighted by molar-refractivity contribution is 5.88. The maximum absolute atomic E-state index is 13.9. The fraction of sp³-hybridized carbons (Fsp3) is 0.357. The molecule has 0 saturated carbocycles. The zero-order valence-corrected chi connectivity index (χ0v) is 20.4. The first-order chi connectivity index (χ1) is 15.4. The van der Waals surface area contributed by atoms with Crippen molar-refractivity contribution in [2.24, 2.45) is 5.41 Å². The number of carbonyl (C=O) groups excluding carboxylic acids is 1. The maximum Gasteiger partial charge on any atom is 0.408 e. The topological polar surface area (TPSA) is 60.3 Å². The zero-order valence-electron chi connectivity index (χ0n) is 20.4. The number of rotatable bonds is 3. The summed E-state index contributed by atoms with van der Waals surface area (Å²) in [5.74, 6) is 6.43. The molecular weight excluding hydrogens is 412 g/mol. The van der Waals surface area contributed by atoms with Crippen molar-refractivity contribution in [3.05, 3.63) is 76.2 Å². The third kappa shape index (κ3) is 6.04. The normalized spacial score (nSPS) is 12.6. The first kappa shape index (κ1) is 24.1. The Morgan fingerprint density at radius 2 is 1.67 bits per heavy atom. The summed E-state index contributed by atoms with van der Waals surface area (Å²) in [6, 6.07) is 16.6. The number of benzene rings is 2. The van der Waals surface area contributed by atoms with Gasteiger partial charge in [0.05, 0.1) is 11.4 Å². The SMILES string of the molecule is C[C@H](NC(=O)OC(C)(C)C)c1cc2cccc(C#CC(C)(C)C)c2c(=O)n1-c1ccccc1. The monoisotopic (exact) mass is 444 g/mol. The number of nitrogens with one attached hydrogen (secondary N) is 1. The highest BCUT2D eigenvalue weighted by atomic mass is 16.6. The predicted molar refractivity (Wildman–Crippen MR) is 134 cm³/mol. The van der Waals surface area contributed by atoms with Gasteiger partial charge < -0.3 is 10.1 Å². The number of fused-ring (bicyclic) bond motifs is 1. The molecule has 5 nitrogen and oxygen atoms in total. The standard InChI is InChI=1S/C28H32N2O3/c1-19(29-26(32)33-28(5,6)7)23-18-21-13-11-12-20(16-17-27(2,3)4)24(21)25(31)30(23)22-14-9-8-10-15-22/h8-15,18-19H,1-7H3,(H,29,32)/t19-/m0/s1. The Bertz CT molecular complexity index is 1280. The van der Waals surface area contributed by atoms with Crippen molar-refractivity contribution in [3.63, 3.8) is 0 Å². The molecule has 0 spiro atoms. The second-order valence-corrected chi connectivity index (χ2v) is 10.2. The Morgan fingerprint density at radius 3 is 2.27 bits per heavy atom. The molecule has 0 radical (unpaired) electrons. The third-order valence-electron chi connectivity index (χ3n) is 4.84. The molecule has 3 rings (SSSR count). The van der Waals surface area contributed by atoms with Crippen LogP contribution in [0.25, 0.3) is 16.5 Å². The molecule has 0 saturated heterocycles. The number of pyridine rings is 1. The van der Waals surface area contributed by atoms with Crippen molar-refractivity contribution in [2.75, 3.05) is 0 Å². The number of para-hydroxylation sites is 1. The predicted octanol–water partition coefficient (Wildman–Crippen LogP) is 5.97. The van der Waals surface area contributed by atoms with Gasteiger partial charge in [-0.25, -0.2) is 4.79 Å². The van der Waals surface area contributed by atoms with E-state index in [1.54, 1.807) is 4.57 Å². The van der Waals surface area contributed by atoms with Gasteiger partial charge in [-0.1, -0.05) is 42.2 Å². The van der Waals surface area contributed by atoms with E-state index in [9.17, 15) is 9.59 Å². The summed E-state index contributed by atoms with van der Waals surface area (Å²) < 4.78 is 7.07. The number of aromatic nitrogens is 1. The van der Waals surface area contributed by atoms with Gasteiger partial charge in [-0.05, 0) is 78.1 Å². The van der Waals surface area contributed by atoms with Gasteiger partial charge in [0.1, 0.15) is 5.60 Å². The molecule has 0 aliphatic rings. The molecule has 1 N–H and O–H groups in total. The minimum Gasteiger partial charge on any atom is -0.444 e. The Kier molecular flexibility index (Phi) is 6.69. The summed E-state index contributed by atoms with van der Waals surface area (Å²) in [7, 11) is 0. The molecular formula is C28H32N2O3. The molecule has 0 unspecified atom stereocenters. The smallest absolute Gasteiger partial charge is 0.408 e. The minimum atomic E-state index is -0.618. The van der Waals surface area contributed by atoms with Gasteiger partial charge in [0, 0.05) is 22.4 Å². The van der Waals surface area contributed by atoms with Gasteiger partial charge in [-0.2, -0.15) is 0 Å². The van der Waals surface area contributed by atoms with E-state index in [2.05, 4.69) is 17.2 Å². The van der Waals surface area contributed by atoms with E-state index in [0.717, 1.165) is 11.1 Å². The molecule has 1 heterocycles. The molecule has 1 amide bonds. The van der Waals surface area contributed by atoms with Crippen LogP contribution in [-0.4, -0.2) is 16.3 Å². The quantitative estimate of drug-likeness (QED) is 0.506. The van der Waals surface area contributed by atoms with Crippen molar-refractivity contribution in [2.45, 2.75) is 60.1 Å².